The maximum Gasteiger partial charge on any atom is 0.0716 e. The van der Waals surface area contributed by atoms with E-state index < -0.39 is 0 Å². The highest BCUT2D eigenvalue weighted by molar-refractivity contribution is 5.13. The van der Waals surface area contributed by atoms with E-state index in [1.807, 2.05) is 6.07 Å². The van der Waals surface area contributed by atoms with E-state index in [-0.39, 0.29) is 0 Å². The zero-order valence-corrected chi connectivity index (χ0v) is 11.9. The summed E-state index contributed by atoms with van der Waals surface area (Å²) in [6.45, 7) is 5.45. The molecule has 0 bridgehead atoms. The van der Waals surface area contributed by atoms with Gasteiger partial charge in [-0.25, -0.2) is 0 Å². The Morgan fingerprint density at radius 1 is 0.947 bits per heavy atom. The second-order valence-corrected chi connectivity index (χ2v) is 5.31. The fraction of sp³-hybridized carbons (Fsp3) is 0.588. The van der Waals surface area contributed by atoms with Crippen molar-refractivity contribution in [2.75, 3.05) is 26.2 Å². The van der Waals surface area contributed by atoms with Crippen molar-refractivity contribution in [3.05, 3.63) is 42.3 Å². The van der Waals surface area contributed by atoms with Crippen LogP contribution in [0.5, 0.6) is 0 Å². The third-order valence-electron chi connectivity index (χ3n) is 3.67. The number of piperidine rings is 1. The maximum atomic E-state index is 5.69. The largest absolute Gasteiger partial charge is 0.377 e. The molecule has 0 N–H and O–H groups in total. The van der Waals surface area contributed by atoms with Gasteiger partial charge in [-0.05, 0) is 63.7 Å². The third-order valence-corrected chi connectivity index (χ3v) is 3.67. The number of rotatable bonds is 8. The minimum absolute atomic E-state index is 0.753. The maximum absolute atomic E-state index is 5.69. The summed E-state index contributed by atoms with van der Waals surface area (Å²) in [5.41, 5.74) is 1.27. The van der Waals surface area contributed by atoms with Gasteiger partial charge in [0.2, 0.25) is 0 Å². The molecule has 0 amide bonds. The van der Waals surface area contributed by atoms with Crippen molar-refractivity contribution in [2.45, 2.75) is 38.7 Å². The first-order valence-electron chi connectivity index (χ1n) is 7.61. The summed E-state index contributed by atoms with van der Waals surface area (Å²) in [6.07, 6.45) is 8.75. The predicted octanol–water partition coefficient (Wildman–Crippen LogP) is 3.67. The van der Waals surface area contributed by atoms with E-state index in [1.54, 1.807) is 0 Å². The predicted molar refractivity (Wildman–Crippen MR) is 79.9 cm³/mol. The number of benzene rings is 1. The zero-order chi connectivity index (χ0) is 13.2. The summed E-state index contributed by atoms with van der Waals surface area (Å²) >= 11 is 0. The Labute approximate surface area is 117 Å². The molecule has 1 heterocycles. The van der Waals surface area contributed by atoms with E-state index in [1.165, 1.54) is 57.3 Å². The van der Waals surface area contributed by atoms with Crippen LogP contribution in [0, 0.1) is 6.42 Å². The van der Waals surface area contributed by atoms with Gasteiger partial charge in [-0.3, -0.25) is 0 Å². The Bertz CT molecular complexity index is 319. The number of unbranched alkanes of at least 4 members (excludes halogenated alkanes) is 2. The number of nitrogens with zero attached hydrogens (tertiary/aromatic N) is 1. The smallest absolute Gasteiger partial charge is 0.0716 e. The van der Waals surface area contributed by atoms with Crippen molar-refractivity contribution >= 4 is 0 Å². The van der Waals surface area contributed by atoms with Gasteiger partial charge in [-0.1, -0.05) is 30.3 Å². The Kier molecular flexibility index (Phi) is 6.97. The van der Waals surface area contributed by atoms with Gasteiger partial charge in [-0.15, -0.1) is 0 Å². The van der Waals surface area contributed by atoms with Crippen LogP contribution in [0.3, 0.4) is 0 Å². The number of ether oxygens (including phenoxy) is 1. The van der Waals surface area contributed by atoms with Crippen LogP contribution in [0.1, 0.15) is 37.7 Å². The number of likely N-dealkylation sites (tertiary alicyclic amines) is 1. The van der Waals surface area contributed by atoms with Crippen LogP contribution in [0.4, 0.5) is 0 Å². The van der Waals surface area contributed by atoms with Gasteiger partial charge in [-0.2, -0.15) is 0 Å². The van der Waals surface area contributed by atoms with Crippen molar-refractivity contribution in [1.82, 2.24) is 4.90 Å². The molecule has 0 aromatic heterocycles. The average Bonchev–Trinajstić information content (AvgIpc) is 2.48. The molecule has 1 fully saturated rings. The molecule has 105 valence electrons. The fourth-order valence-corrected chi connectivity index (χ4v) is 2.51. The quantitative estimate of drug-likeness (QED) is 0.661. The molecule has 0 atom stereocenters. The van der Waals surface area contributed by atoms with Crippen LogP contribution in [-0.2, 0) is 11.3 Å². The highest BCUT2D eigenvalue weighted by Gasteiger charge is 2.08. The first-order chi connectivity index (χ1) is 9.45. The molecule has 1 aliphatic heterocycles. The van der Waals surface area contributed by atoms with Crippen molar-refractivity contribution in [1.29, 1.82) is 0 Å². The monoisotopic (exact) mass is 260 g/mol. The Morgan fingerprint density at radius 2 is 1.74 bits per heavy atom. The summed E-state index contributed by atoms with van der Waals surface area (Å²) in [7, 11) is 0. The van der Waals surface area contributed by atoms with Crippen LogP contribution in [0.25, 0.3) is 0 Å². The summed E-state index contributed by atoms with van der Waals surface area (Å²) < 4.78 is 5.69. The highest BCUT2D eigenvalue weighted by Crippen LogP contribution is 2.09. The molecule has 1 saturated heterocycles. The standard InChI is InChI=1S/C17H26NO/c1-4-10-17(11-5-1)16-19-15-9-3-8-14-18-12-6-2-7-13-18/h1-2,4-5,10-11H,3,6-9,12-16H2. The number of hydrogen-bond donors (Lipinski definition) is 0. The summed E-state index contributed by atoms with van der Waals surface area (Å²) in [6, 6.07) is 10.4. The molecule has 0 spiro atoms. The summed E-state index contributed by atoms with van der Waals surface area (Å²) in [5.74, 6) is 0. The minimum Gasteiger partial charge on any atom is -0.377 e. The molecular weight excluding hydrogens is 234 g/mol. The van der Waals surface area contributed by atoms with E-state index in [9.17, 15) is 0 Å². The van der Waals surface area contributed by atoms with E-state index in [4.69, 9.17) is 4.74 Å². The van der Waals surface area contributed by atoms with E-state index in [0.717, 1.165) is 13.2 Å². The Morgan fingerprint density at radius 3 is 2.53 bits per heavy atom. The fourth-order valence-electron chi connectivity index (χ4n) is 2.51. The Hall–Kier alpha value is -0.860. The average molecular weight is 260 g/mol. The van der Waals surface area contributed by atoms with Crippen LogP contribution in [-0.4, -0.2) is 31.1 Å². The van der Waals surface area contributed by atoms with Gasteiger partial charge < -0.3 is 9.64 Å². The number of hydrogen-bond acceptors (Lipinski definition) is 2. The second kappa shape index (κ2) is 9.11. The van der Waals surface area contributed by atoms with Crippen LogP contribution in [0.2, 0.25) is 0 Å². The molecule has 0 unspecified atom stereocenters. The molecule has 2 heteroatoms. The summed E-state index contributed by atoms with van der Waals surface area (Å²) in [5, 5.41) is 0. The topological polar surface area (TPSA) is 12.5 Å². The molecule has 1 aromatic rings. The van der Waals surface area contributed by atoms with Gasteiger partial charge in [0.05, 0.1) is 6.61 Å². The second-order valence-electron chi connectivity index (χ2n) is 5.31. The normalized spacial score (nSPS) is 16.6. The zero-order valence-electron chi connectivity index (χ0n) is 11.9. The van der Waals surface area contributed by atoms with Crippen LogP contribution < -0.4 is 0 Å². The van der Waals surface area contributed by atoms with Crippen LogP contribution >= 0.6 is 0 Å². The molecule has 19 heavy (non-hydrogen) atoms. The van der Waals surface area contributed by atoms with Gasteiger partial charge in [0.1, 0.15) is 0 Å². The molecular formula is C17H26NO. The lowest BCUT2D eigenvalue weighted by Crippen LogP contribution is -2.30. The van der Waals surface area contributed by atoms with Gasteiger partial charge in [0.25, 0.3) is 0 Å². The van der Waals surface area contributed by atoms with Gasteiger partial charge in [0, 0.05) is 6.61 Å². The van der Waals surface area contributed by atoms with E-state index >= 15 is 0 Å². The minimum atomic E-state index is 0.753. The molecule has 0 saturated carbocycles. The molecule has 2 nitrogen and oxygen atoms in total. The first-order valence-corrected chi connectivity index (χ1v) is 7.61. The third kappa shape index (κ3) is 6.22. The van der Waals surface area contributed by atoms with E-state index in [2.05, 4.69) is 35.6 Å². The SMILES string of the molecule is [CH]1CCN(CCCCCOCc2ccccc2)CC1. The molecule has 1 aliphatic rings. The Balaban J connectivity index is 1.42. The molecule has 2 rings (SSSR count). The lowest BCUT2D eigenvalue weighted by molar-refractivity contribution is 0.116. The van der Waals surface area contributed by atoms with Crippen molar-refractivity contribution in [3.63, 3.8) is 0 Å². The molecule has 1 radical (unpaired) electrons. The van der Waals surface area contributed by atoms with Crippen molar-refractivity contribution < 1.29 is 4.74 Å². The van der Waals surface area contributed by atoms with Crippen molar-refractivity contribution in [3.8, 4) is 0 Å². The molecule has 0 aliphatic carbocycles. The molecule has 1 aromatic carbocycles. The van der Waals surface area contributed by atoms with Gasteiger partial charge in [0.15, 0.2) is 0 Å². The van der Waals surface area contributed by atoms with Crippen molar-refractivity contribution in [2.24, 2.45) is 0 Å². The highest BCUT2D eigenvalue weighted by atomic mass is 16.5. The lowest BCUT2D eigenvalue weighted by atomic mass is 10.1. The van der Waals surface area contributed by atoms with E-state index in [0.29, 0.717) is 0 Å². The van der Waals surface area contributed by atoms with Gasteiger partial charge >= 0.3 is 0 Å². The lowest BCUT2D eigenvalue weighted by Gasteiger charge is -2.26. The summed E-state index contributed by atoms with van der Waals surface area (Å²) in [4.78, 5) is 2.59. The first kappa shape index (κ1) is 14.5. The van der Waals surface area contributed by atoms with Crippen LogP contribution in [0.15, 0.2) is 30.3 Å².